The van der Waals surface area contributed by atoms with Crippen LogP contribution < -0.4 is 10.6 Å². The van der Waals surface area contributed by atoms with Crippen molar-refractivity contribution in [2.75, 3.05) is 39.3 Å². The summed E-state index contributed by atoms with van der Waals surface area (Å²) in [6.07, 6.45) is 2.49. The summed E-state index contributed by atoms with van der Waals surface area (Å²) >= 11 is 0. The Labute approximate surface area is 190 Å². The molecule has 2 aliphatic rings. The van der Waals surface area contributed by atoms with Crippen molar-refractivity contribution in [2.45, 2.75) is 33.2 Å². The Bertz CT molecular complexity index is 722. The minimum Gasteiger partial charge on any atom is -0.357 e. The van der Waals surface area contributed by atoms with Crippen LogP contribution in [-0.4, -0.2) is 66.8 Å². The Morgan fingerprint density at radius 2 is 2.00 bits per heavy atom. The highest BCUT2D eigenvalue weighted by atomic mass is 127. The van der Waals surface area contributed by atoms with Crippen LogP contribution in [0.25, 0.3) is 0 Å². The van der Waals surface area contributed by atoms with Crippen molar-refractivity contribution in [1.29, 1.82) is 0 Å². The fourth-order valence-corrected chi connectivity index (χ4v) is 3.72. The molecular weight excluding hydrogens is 481 g/mol. The summed E-state index contributed by atoms with van der Waals surface area (Å²) in [4.78, 5) is 32.8. The molecule has 1 unspecified atom stereocenters. The lowest BCUT2D eigenvalue weighted by Gasteiger charge is -2.33. The minimum atomic E-state index is -0.103. The second kappa shape index (κ2) is 11.4. The smallest absolute Gasteiger partial charge is 0.254 e. The topological polar surface area (TPSA) is 77.0 Å². The van der Waals surface area contributed by atoms with Gasteiger partial charge in [0.2, 0.25) is 5.91 Å². The molecule has 160 valence electrons. The lowest BCUT2D eigenvalue weighted by atomic mass is 10.0. The van der Waals surface area contributed by atoms with Gasteiger partial charge in [0.15, 0.2) is 5.96 Å². The first-order valence-corrected chi connectivity index (χ1v) is 10.2. The van der Waals surface area contributed by atoms with Crippen molar-refractivity contribution in [3.8, 4) is 0 Å². The third-order valence-electron chi connectivity index (χ3n) is 5.23. The van der Waals surface area contributed by atoms with Gasteiger partial charge in [-0.2, -0.15) is 0 Å². The first-order chi connectivity index (χ1) is 13.6. The summed E-state index contributed by atoms with van der Waals surface area (Å²) in [7, 11) is 0. The highest BCUT2D eigenvalue weighted by Crippen LogP contribution is 2.16. The van der Waals surface area contributed by atoms with E-state index < -0.39 is 0 Å². The number of hydrogen-bond acceptors (Lipinski definition) is 3. The van der Waals surface area contributed by atoms with Crippen molar-refractivity contribution in [3.05, 3.63) is 35.4 Å². The van der Waals surface area contributed by atoms with Crippen molar-refractivity contribution in [2.24, 2.45) is 10.9 Å². The maximum atomic E-state index is 12.5. The Balaban J connectivity index is 0.00000300. The van der Waals surface area contributed by atoms with Gasteiger partial charge in [0.1, 0.15) is 0 Å². The van der Waals surface area contributed by atoms with Crippen LogP contribution in [0.15, 0.2) is 29.3 Å². The summed E-state index contributed by atoms with van der Waals surface area (Å²) in [6, 6.07) is 7.55. The van der Waals surface area contributed by atoms with Gasteiger partial charge in [-0.1, -0.05) is 19.1 Å². The first kappa shape index (κ1) is 23.4. The standard InChI is InChI=1S/C21H31N5O2.HI/c1-3-22-21(26-11-4-5-16(2)14-26)24-13-17-6-8-18(9-7-17)20(28)25-12-10-23-19(27)15-25;/h6-9,16H,3-5,10-15H2,1-2H3,(H,22,24)(H,23,27);1H. The fourth-order valence-electron chi connectivity index (χ4n) is 3.72. The number of nitrogens with zero attached hydrogens (tertiary/aromatic N) is 3. The van der Waals surface area contributed by atoms with Crippen molar-refractivity contribution < 1.29 is 9.59 Å². The SMILES string of the molecule is CCNC(=NCc1ccc(C(=O)N2CCNC(=O)C2)cc1)N1CCCC(C)C1.I. The molecular formula is C21H32IN5O2. The second-order valence-corrected chi connectivity index (χ2v) is 7.64. The van der Waals surface area contributed by atoms with Gasteiger partial charge in [-0.15, -0.1) is 24.0 Å². The lowest BCUT2D eigenvalue weighted by Crippen LogP contribution is -2.49. The van der Waals surface area contributed by atoms with Crippen LogP contribution in [0.1, 0.15) is 42.6 Å². The zero-order valence-corrected chi connectivity index (χ0v) is 19.6. The molecule has 2 amide bonds. The Morgan fingerprint density at radius 3 is 2.66 bits per heavy atom. The van der Waals surface area contributed by atoms with Gasteiger partial charge >= 0.3 is 0 Å². The number of piperidine rings is 1. The molecule has 29 heavy (non-hydrogen) atoms. The molecule has 2 aliphatic heterocycles. The maximum Gasteiger partial charge on any atom is 0.254 e. The van der Waals surface area contributed by atoms with E-state index in [9.17, 15) is 9.59 Å². The first-order valence-electron chi connectivity index (χ1n) is 10.2. The van der Waals surface area contributed by atoms with Crippen molar-refractivity contribution >= 4 is 41.8 Å². The Hall–Kier alpha value is -1.84. The van der Waals surface area contributed by atoms with Crippen molar-refractivity contribution in [1.82, 2.24) is 20.4 Å². The number of piperazine rings is 1. The number of nitrogens with one attached hydrogen (secondary N) is 2. The van der Waals surface area contributed by atoms with Crippen LogP contribution in [0.2, 0.25) is 0 Å². The predicted molar refractivity (Wildman–Crippen MR) is 126 cm³/mol. The normalized spacial score (nSPS) is 20.0. The van der Waals surface area contributed by atoms with E-state index in [-0.39, 0.29) is 42.3 Å². The van der Waals surface area contributed by atoms with Gasteiger partial charge in [-0.25, -0.2) is 4.99 Å². The highest BCUT2D eigenvalue weighted by Gasteiger charge is 2.22. The molecule has 2 heterocycles. The molecule has 3 rings (SSSR count). The molecule has 1 atom stereocenters. The molecule has 8 heteroatoms. The number of hydrogen-bond donors (Lipinski definition) is 2. The third-order valence-corrected chi connectivity index (χ3v) is 5.23. The molecule has 0 spiro atoms. The number of carbonyl (C=O) groups excluding carboxylic acids is 2. The largest absolute Gasteiger partial charge is 0.357 e. The van der Waals surface area contributed by atoms with Crippen LogP contribution in [0.4, 0.5) is 0 Å². The quantitative estimate of drug-likeness (QED) is 0.367. The van der Waals surface area contributed by atoms with Crippen LogP contribution in [0.3, 0.4) is 0 Å². The highest BCUT2D eigenvalue weighted by molar-refractivity contribution is 14.0. The van der Waals surface area contributed by atoms with Gasteiger partial charge in [0.25, 0.3) is 5.91 Å². The van der Waals surface area contributed by atoms with E-state index in [1.54, 1.807) is 4.90 Å². The molecule has 0 saturated carbocycles. The monoisotopic (exact) mass is 513 g/mol. The summed E-state index contributed by atoms with van der Waals surface area (Å²) in [6.45, 7) is 9.09. The van der Waals surface area contributed by atoms with Gasteiger partial charge in [-0.3, -0.25) is 9.59 Å². The van der Waals surface area contributed by atoms with Crippen molar-refractivity contribution in [3.63, 3.8) is 0 Å². The van der Waals surface area contributed by atoms with Gasteiger partial charge in [0.05, 0.1) is 13.1 Å². The van der Waals surface area contributed by atoms with E-state index in [4.69, 9.17) is 4.99 Å². The van der Waals surface area contributed by atoms with Crippen LogP contribution in [-0.2, 0) is 11.3 Å². The summed E-state index contributed by atoms with van der Waals surface area (Å²) < 4.78 is 0. The molecule has 1 aromatic carbocycles. The number of amides is 2. The predicted octanol–water partition coefficient (Wildman–Crippen LogP) is 2.07. The molecule has 0 aromatic heterocycles. The number of benzene rings is 1. The molecule has 7 nitrogen and oxygen atoms in total. The van der Waals surface area contributed by atoms with E-state index in [0.29, 0.717) is 31.1 Å². The summed E-state index contributed by atoms with van der Waals surface area (Å²) in [5.74, 6) is 1.46. The molecule has 2 fully saturated rings. The molecule has 0 aliphatic carbocycles. The minimum absolute atomic E-state index is 0. The maximum absolute atomic E-state index is 12.5. The van der Waals surface area contributed by atoms with Gasteiger partial charge in [-0.05, 0) is 43.4 Å². The van der Waals surface area contributed by atoms with E-state index >= 15 is 0 Å². The zero-order chi connectivity index (χ0) is 19.9. The summed E-state index contributed by atoms with van der Waals surface area (Å²) in [5, 5.41) is 6.13. The molecule has 0 bridgehead atoms. The number of guanidine groups is 1. The molecule has 1 aromatic rings. The number of carbonyl (C=O) groups is 2. The molecule has 2 N–H and O–H groups in total. The van der Waals surface area contributed by atoms with Crippen LogP contribution in [0.5, 0.6) is 0 Å². The van der Waals surface area contributed by atoms with E-state index in [1.807, 2.05) is 24.3 Å². The lowest BCUT2D eigenvalue weighted by molar-refractivity contribution is -0.123. The van der Waals surface area contributed by atoms with Crippen LogP contribution >= 0.6 is 24.0 Å². The average Bonchev–Trinajstić information content (AvgIpc) is 2.71. The number of likely N-dealkylation sites (tertiary alicyclic amines) is 1. The van der Waals surface area contributed by atoms with E-state index in [0.717, 1.165) is 31.2 Å². The van der Waals surface area contributed by atoms with Gasteiger partial charge in [0, 0.05) is 38.3 Å². The van der Waals surface area contributed by atoms with Crippen LogP contribution in [0, 0.1) is 5.92 Å². The summed E-state index contributed by atoms with van der Waals surface area (Å²) in [5.41, 5.74) is 1.67. The number of rotatable bonds is 4. The van der Waals surface area contributed by atoms with E-state index in [1.165, 1.54) is 12.8 Å². The zero-order valence-electron chi connectivity index (χ0n) is 17.3. The van der Waals surface area contributed by atoms with Gasteiger partial charge < -0.3 is 20.4 Å². The molecule has 2 saturated heterocycles. The third kappa shape index (κ3) is 6.58. The number of halogens is 1. The molecule has 0 radical (unpaired) electrons. The fraction of sp³-hybridized carbons (Fsp3) is 0.571. The number of aliphatic imine (C=N–C) groups is 1. The second-order valence-electron chi connectivity index (χ2n) is 7.64. The van der Waals surface area contributed by atoms with E-state index in [2.05, 4.69) is 29.4 Å². The average molecular weight is 513 g/mol. The Kier molecular flexibility index (Phi) is 9.19. The Morgan fingerprint density at radius 1 is 1.24 bits per heavy atom.